The topological polar surface area (TPSA) is 74.6 Å². The number of hydrogen-bond acceptors (Lipinski definition) is 2. The lowest BCUT2D eigenvalue weighted by molar-refractivity contribution is 0.0684. The summed E-state index contributed by atoms with van der Waals surface area (Å²) < 4.78 is 1.69. The van der Waals surface area contributed by atoms with Gasteiger partial charge >= 0.3 is 11.9 Å². The zero-order valence-corrected chi connectivity index (χ0v) is 14.2. The number of hydrogen-bond donors (Lipinski definition) is 2. The van der Waals surface area contributed by atoms with Crippen LogP contribution in [0.2, 0.25) is 0 Å². The fraction of sp³-hybridized carbons (Fsp3) is 0. The molecule has 0 aliphatic rings. The maximum Gasteiger partial charge on any atom is 0.336 e. The van der Waals surface area contributed by atoms with Crippen molar-refractivity contribution in [3.05, 3.63) is 54.7 Å². The third-order valence-electron chi connectivity index (χ3n) is 2.71. The Morgan fingerprint density at radius 1 is 0.750 bits per heavy atom. The van der Waals surface area contributed by atoms with E-state index in [1.807, 2.05) is 0 Å². The Morgan fingerprint density at radius 3 is 1.40 bits per heavy atom. The summed E-state index contributed by atoms with van der Waals surface area (Å²) in [6, 6.07) is 9.71. The SMILES string of the molecule is O=C(O)c1ccc(I)cc1-c1cc(I)ccc1C(=O)O. The lowest BCUT2D eigenvalue weighted by Crippen LogP contribution is -2.05. The molecule has 20 heavy (non-hydrogen) atoms. The molecule has 4 nitrogen and oxygen atoms in total. The molecule has 0 aliphatic carbocycles. The van der Waals surface area contributed by atoms with Crippen molar-refractivity contribution < 1.29 is 19.8 Å². The van der Waals surface area contributed by atoms with Gasteiger partial charge in [0.2, 0.25) is 0 Å². The van der Waals surface area contributed by atoms with Crippen LogP contribution >= 0.6 is 45.2 Å². The molecule has 0 heterocycles. The van der Waals surface area contributed by atoms with Gasteiger partial charge in [-0.3, -0.25) is 0 Å². The number of aromatic carboxylic acids is 2. The molecule has 0 aliphatic heterocycles. The summed E-state index contributed by atoms with van der Waals surface area (Å²) in [5, 5.41) is 18.5. The highest BCUT2D eigenvalue weighted by atomic mass is 127. The van der Waals surface area contributed by atoms with E-state index in [1.165, 1.54) is 12.1 Å². The van der Waals surface area contributed by atoms with Crippen molar-refractivity contribution in [2.24, 2.45) is 0 Å². The minimum absolute atomic E-state index is 0.0925. The van der Waals surface area contributed by atoms with Crippen molar-refractivity contribution in [2.75, 3.05) is 0 Å². The van der Waals surface area contributed by atoms with E-state index in [9.17, 15) is 19.8 Å². The van der Waals surface area contributed by atoms with E-state index in [-0.39, 0.29) is 11.1 Å². The van der Waals surface area contributed by atoms with Crippen LogP contribution in [0.3, 0.4) is 0 Å². The van der Waals surface area contributed by atoms with Crippen molar-refractivity contribution in [1.82, 2.24) is 0 Å². The summed E-state index contributed by atoms with van der Waals surface area (Å²) >= 11 is 4.14. The first-order valence-electron chi connectivity index (χ1n) is 5.46. The zero-order valence-electron chi connectivity index (χ0n) is 9.93. The molecule has 0 amide bonds. The lowest BCUT2D eigenvalue weighted by atomic mass is 9.95. The summed E-state index contributed by atoms with van der Waals surface area (Å²) in [5.41, 5.74) is 1.02. The predicted octanol–water partition coefficient (Wildman–Crippen LogP) is 3.96. The molecule has 2 aromatic carbocycles. The molecule has 0 bridgehead atoms. The second-order valence-corrected chi connectivity index (χ2v) is 6.48. The fourth-order valence-corrected chi connectivity index (χ4v) is 2.83. The van der Waals surface area contributed by atoms with Gasteiger partial charge < -0.3 is 10.2 Å². The standard InChI is InChI=1S/C14H8I2O4/c15-7-1-3-9(13(17)18)11(5-7)12-6-8(16)2-4-10(12)14(19)20/h1-6H,(H,17,18)(H,19,20). The van der Waals surface area contributed by atoms with E-state index in [0.717, 1.165) is 7.14 Å². The quantitative estimate of drug-likeness (QED) is 0.635. The van der Waals surface area contributed by atoms with Gasteiger partial charge in [-0.1, -0.05) is 0 Å². The minimum atomic E-state index is -1.08. The van der Waals surface area contributed by atoms with Gasteiger partial charge in [-0.2, -0.15) is 0 Å². The molecule has 2 N–H and O–H groups in total. The molecule has 0 saturated heterocycles. The zero-order chi connectivity index (χ0) is 14.9. The molecule has 0 fully saturated rings. The van der Waals surface area contributed by atoms with Gasteiger partial charge in [0.05, 0.1) is 11.1 Å². The van der Waals surface area contributed by atoms with Gasteiger partial charge in [0.15, 0.2) is 0 Å². The van der Waals surface area contributed by atoms with Gasteiger partial charge in [-0.15, -0.1) is 0 Å². The summed E-state index contributed by atoms with van der Waals surface area (Å²) in [6.45, 7) is 0. The summed E-state index contributed by atoms with van der Waals surface area (Å²) in [7, 11) is 0. The van der Waals surface area contributed by atoms with E-state index in [4.69, 9.17) is 0 Å². The molecule has 0 saturated carbocycles. The van der Waals surface area contributed by atoms with E-state index < -0.39 is 11.9 Å². The summed E-state index contributed by atoms with van der Waals surface area (Å²) in [6.07, 6.45) is 0. The number of rotatable bonds is 3. The smallest absolute Gasteiger partial charge is 0.336 e. The van der Waals surface area contributed by atoms with E-state index in [2.05, 4.69) is 45.2 Å². The molecule has 0 aromatic heterocycles. The normalized spacial score (nSPS) is 10.3. The molecule has 102 valence electrons. The van der Waals surface area contributed by atoms with Crippen LogP contribution in [0, 0.1) is 7.14 Å². The van der Waals surface area contributed by atoms with Crippen LogP contribution in [0.5, 0.6) is 0 Å². The molecule has 6 heteroatoms. The average Bonchev–Trinajstić information content (AvgIpc) is 2.37. The van der Waals surface area contributed by atoms with Gasteiger partial charge in [0, 0.05) is 7.14 Å². The van der Waals surface area contributed by atoms with Crippen LogP contribution in [0.1, 0.15) is 20.7 Å². The van der Waals surface area contributed by atoms with E-state index in [1.54, 1.807) is 24.3 Å². The number of halogens is 2. The highest BCUT2D eigenvalue weighted by Gasteiger charge is 2.18. The van der Waals surface area contributed by atoms with Crippen LogP contribution in [0.4, 0.5) is 0 Å². The van der Waals surface area contributed by atoms with Crippen molar-refractivity contribution >= 4 is 57.1 Å². The van der Waals surface area contributed by atoms with Gasteiger partial charge in [0.1, 0.15) is 0 Å². The number of carboxylic acids is 2. The van der Waals surface area contributed by atoms with Gasteiger partial charge in [-0.05, 0) is 92.7 Å². The Labute approximate surface area is 142 Å². The molecular formula is C14H8I2O4. The Bertz CT molecular complexity index is 649. The average molecular weight is 494 g/mol. The summed E-state index contributed by atoms with van der Waals surface area (Å²) in [5.74, 6) is -2.15. The molecular weight excluding hydrogens is 486 g/mol. The Kier molecular flexibility index (Phi) is 4.63. The predicted molar refractivity (Wildman–Crippen MR) is 91.2 cm³/mol. The lowest BCUT2D eigenvalue weighted by Gasteiger charge is -2.11. The van der Waals surface area contributed by atoms with E-state index >= 15 is 0 Å². The molecule has 0 spiro atoms. The van der Waals surface area contributed by atoms with Crippen molar-refractivity contribution in [1.29, 1.82) is 0 Å². The van der Waals surface area contributed by atoms with E-state index in [0.29, 0.717) is 11.1 Å². The van der Waals surface area contributed by atoms with Crippen LogP contribution in [-0.4, -0.2) is 22.2 Å². The fourth-order valence-electron chi connectivity index (χ4n) is 1.85. The molecule has 2 aromatic rings. The molecule has 0 atom stereocenters. The first-order chi connectivity index (χ1) is 9.40. The number of carboxylic acid groups (broad SMARTS) is 2. The van der Waals surface area contributed by atoms with Crippen molar-refractivity contribution in [3.63, 3.8) is 0 Å². The maximum atomic E-state index is 11.3. The minimum Gasteiger partial charge on any atom is -0.478 e. The Hall–Kier alpha value is -1.16. The maximum absolute atomic E-state index is 11.3. The first-order valence-corrected chi connectivity index (χ1v) is 7.62. The van der Waals surface area contributed by atoms with Crippen LogP contribution in [-0.2, 0) is 0 Å². The molecule has 2 rings (SSSR count). The highest BCUT2D eigenvalue weighted by molar-refractivity contribution is 14.1. The van der Waals surface area contributed by atoms with Crippen molar-refractivity contribution in [2.45, 2.75) is 0 Å². The first kappa shape index (κ1) is 15.2. The Morgan fingerprint density at radius 2 is 1.10 bits per heavy atom. The van der Waals surface area contributed by atoms with Gasteiger partial charge in [-0.25, -0.2) is 9.59 Å². The second-order valence-electron chi connectivity index (χ2n) is 3.99. The Balaban J connectivity index is 2.79. The third kappa shape index (κ3) is 3.11. The monoisotopic (exact) mass is 494 g/mol. The molecule has 0 unspecified atom stereocenters. The second kappa shape index (κ2) is 6.08. The van der Waals surface area contributed by atoms with Crippen molar-refractivity contribution in [3.8, 4) is 11.1 Å². The van der Waals surface area contributed by atoms with Crippen LogP contribution < -0.4 is 0 Å². The third-order valence-corrected chi connectivity index (χ3v) is 4.06. The number of carbonyl (C=O) groups is 2. The number of benzene rings is 2. The van der Waals surface area contributed by atoms with Crippen LogP contribution in [0.25, 0.3) is 11.1 Å². The highest BCUT2D eigenvalue weighted by Crippen LogP contribution is 2.30. The van der Waals surface area contributed by atoms with Gasteiger partial charge in [0.25, 0.3) is 0 Å². The largest absolute Gasteiger partial charge is 0.478 e. The molecule has 0 radical (unpaired) electrons. The summed E-state index contributed by atoms with van der Waals surface area (Å²) in [4.78, 5) is 22.6. The van der Waals surface area contributed by atoms with Crippen LogP contribution in [0.15, 0.2) is 36.4 Å².